The molecule has 254 valence electrons. The minimum atomic E-state index is -4.70. The van der Waals surface area contributed by atoms with Crippen LogP contribution in [0.3, 0.4) is 0 Å². The SMILES string of the molecule is CC.Cc1ccc(COc2cc(-c3nn(C(C)(C)C)c(Nc4cnc(C(F)(F)F)cn4)c3C(N)=O)ccc2NSCC(F)(F)F)cc1. The summed E-state index contributed by atoms with van der Waals surface area (Å²) in [5.41, 5.74) is 6.22. The van der Waals surface area contributed by atoms with Crippen LogP contribution in [0.1, 0.15) is 61.8 Å². The molecule has 0 unspecified atom stereocenters. The number of anilines is 3. The summed E-state index contributed by atoms with van der Waals surface area (Å²) in [6.45, 7) is 11.3. The Hall–Kier alpha value is -4.47. The Morgan fingerprint density at radius 1 is 0.979 bits per heavy atom. The molecule has 4 rings (SSSR count). The number of alkyl halides is 6. The van der Waals surface area contributed by atoms with E-state index in [-0.39, 0.29) is 40.9 Å². The lowest BCUT2D eigenvalue weighted by atomic mass is 10.1. The molecule has 2 aromatic carbocycles. The van der Waals surface area contributed by atoms with Crippen molar-refractivity contribution < 1.29 is 35.9 Å². The topological polar surface area (TPSA) is 120 Å². The van der Waals surface area contributed by atoms with Gasteiger partial charge in [0, 0.05) is 5.56 Å². The Bertz CT molecular complexity index is 1650. The number of ether oxygens (including phenoxy) is 1. The Morgan fingerprint density at radius 2 is 1.64 bits per heavy atom. The smallest absolute Gasteiger partial charge is 0.434 e. The first-order valence-corrected chi connectivity index (χ1v) is 15.3. The number of nitrogens with zero attached hydrogens (tertiary/aromatic N) is 4. The molecule has 0 fully saturated rings. The van der Waals surface area contributed by atoms with Crippen LogP contribution in [0.4, 0.5) is 43.7 Å². The van der Waals surface area contributed by atoms with Crippen LogP contribution < -0.4 is 20.5 Å². The van der Waals surface area contributed by atoms with Crippen LogP contribution in [0.5, 0.6) is 5.75 Å². The molecule has 0 bridgehead atoms. The number of rotatable bonds is 10. The highest BCUT2D eigenvalue weighted by molar-refractivity contribution is 8.00. The summed E-state index contributed by atoms with van der Waals surface area (Å²) in [5, 5.41) is 7.44. The van der Waals surface area contributed by atoms with Gasteiger partial charge in [0.2, 0.25) is 0 Å². The molecule has 0 aliphatic heterocycles. The molecule has 4 N–H and O–H groups in total. The maximum Gasteiger partial charge on any atom is 0.434 e. The summed E-state index contributed by atoms with van der Waals surface area (Å²) in [7, 11) is 0. The van der Waals surface area contributed by atoms with E-state index in [4.69, 9.17) is 10.5 Å². The summed E-state index contributed by atoms with van der Waals surface area (Å²) in [6.07, 6.45) is -7.69. The van der Waals surface area contributed by atoms with Gasteiger partial charge >= 0.3 is 12.4 Å². The van der Waals surface area contributed by atoms with Crippen LogP contribution in [0.2, 0.25) is 0 Å². The maximum absolute atomic E-state index is 13.0. The predicted octanol–water partition coefficient (Wildman–Crippen LogP) is 8.49. The molecule has 2 aromatic heterocycles. The first kappa shape index (κ1) is 37.0. The highest BCUT2D eigenvalue weighted by Gasteiger charge is 2.34. The van der Waals surface area contributed by atoms with Crippen molar-refractivity contribution in [3.63, 3.8) is 0 Å². The van der Waals surface area contributed by atoms with Crippen molar-refractivity contribution in [2.24, 2.45) is 5.73 Å². The first-order valence-electron chi connectivity index (χ1n) is 14.3. The van der Waals surface area contributed by atoms with Crippen LogP contribution in [0.15, 0.2) is 54.9 Å². The quantitative estimate of drug-likeness (QED) is 0.112. The lowest BCUT2D eigenvalue weighted by Gasteiger charge is -2.23. The zero-order valence-electron chi connectivity index (χ0n) is 26.5. The van der Waals surface area contributed by atoms with E-state index in [1.54, 1.807) is 20.8 Å². The van der Waals surface area contributed by atoms with Gasteiger partial charge in [-0.1, -0.05) is 49.7 Å². The fraction of sp³-hybridized carbons (Fsp3) is 0.355. The number of nitrogens with one attached hydrogen (secondary N) is 2. The molecule has 16 heteroatoms. The Morgan fingerprint density at radius 3 is 2.17 bits per heavy atom. The average molecular weight is 684 g/mol. The van der Waals surface area contributed by atoms with Crippen molar-refractivity contribution in [1.29, 1.82) is 0 Å². The normalized spacial score (nSPS) is 11.8. The van der Waals surface area contributed by atoms with Crippen LogP contribution in [0.25, 0.3) is 11.3 Å². The zero-order valence-corrected chi connectivity index (χ0v) is 27.3. The summed E-state index contributed by atoms with van der Waals surface area (Å²) in [5.74, 6) is -1.95. The summed E-state index contributed by atoms with van der Waals surface area (Å²) in [4.78, 5) is 20.0. The van der Waals surface area contributed by atoms with Gasteiger partial charge in [-0.25, -0.2) is 14.6 Å². The van der Waals surface area contributed by atoms with Gasteiger partial charge in [-0.2, -0.15) is 31.4 Å². The molecule has 0 saturated carbocycles. The number of aryl methyl sites for hydroxylation is 1. The van der Waals surface area contributed by atoms with Crippen molar-refractivity contribution in [2.75, 3.05) is 15.8 Å². The highest BCUT2D eigenvalue weighted by Crippen LogP contribution is 2.39. The number of hydrogen-bond acceptors (Lipinski definition) is 8. The number of halogens is 6. The van der Waals surface area contributed by atoms with Crippen molar-refractivity contribution in [3.05, 3.63) is 77.2 Å². The van der Waals surface area contributed by atoms with Crippen LogP contribution in [-0.4, -0.2) is 37.6 Å². The molecular formula is C31H35F6N7O2S. The van der Waals surface area contributed by atoms with Gasteiger partial charge in [0.1, 0.15) is 41.0 Å². The predicted molar refractivity (Wildman–Crippen MR) is 170 cm³/mol. The number of hydrogen-bond donors (Lipinski definition) is 3. The molecule has 1 amide bonds. The summed E-state index contributed by atoms with van der Waals surface area (Å²) >= 11 is 0.432. The molecule has 47 heavy (non-hydrogen) atoms. The molecule has 9 nitrogen and oxygen atoms in total. The lowest BCUT2D eigenvalue weighted by molar-refractivity contribution is -0.141. The van der Waals surface area contributed by atoms with E-state index in [1.807, 2.05) is 45.0 Å². The van der Waals surface area contributed by atoms with E-state index in [0.717, 1.165) is 17.3 Å². The standard InChI is InChI=1S/C29H29F6N7O2S.C2H6/c1-16-5-7-17(8-6-16)14-44-20-11-18(9-10-19(20)41-45-15-28(30,31)32)24-23(25(36)43)26(42(40-24)27(2,3)4)39-22-13-37-21(12-38-22)29(33,34)35;1-2/h5-13,41H,14-15H2,1-4H3,(H2,36,43)(H,38,39);1-2H3. The third-order valence-electron chi connectivity index (χ3n) is 6.14. The molecule has 4 aromatic rings. The van der Waals surface area contributed by atoms with E-state index >= 15 is 0 Å². The molecular weight excluding hydrogens is 648 g/mol. The molecule has 0 aliphatic carbocycles. The summed E-state index contributed by atoms with van der Waals surface area (Å²) < 4.78 is 87.6. The summed E-state index contributed by atoms with van der Waals surface area (Å²) in [6, 6.07) is 12.0. The van der Waals surface area contributed by atoms with Crippen LogP contribution >= 0.6 is 11.9 Å². The van der Waals surface area contributed by atoms with Crippen molar-refractivity contribution in [2.45, 2.75) is 66.0 Å². The number of amides is 1. The zero-order chi connectivity index (χ0) is 35.2. The third kappa shape index (κ3) is 10.0. The number of benzene rings is 2. The largest absolute Gasteiger partial charge is 0.487 e. The Balaban J connectivity index is 0.00000294. The first-order chi connectivity index (χ1) is 21.9. The van der Waals surface area contributed by atoms with Crippen molar-refractivity contribution in [3.8, 4) is 17.0 Å². The maximum atomic E-state index is 13.0. The molecule has 0 saturated heterocycles. The second-order valence-electron chi connectivity index (χ2n) is 10.9. The van der Waals surface area contributed by atoms with Crippen LogP contribution in [-0.2, 0) is 18.3 Å². The van der Waals surface area contributed by atoms with Gasteiger partial charge in [0.25, 0.3) is 5.91 Å². The average Bonchev–Trinajstić information content (AvgIpc) is 3.38. The van der Waals surface area contributed by atoms with Crippen molar-refractivity contribution in [1.82, 2.24) is 19.7 Å². The molecule has 0 spiro atoms. The van der Waals surface area contributed by atoms with Crippen molar-refractivity contribution >= 4 is 35.2 Å². The number of aromatic nitrogens is 4. The number of carbonyl (C=O) groups is 1. The van der Waals surface area contributed by atoms with E-state index in [1.165, 1.54) is 22.9 Å². The lowest BCUT2D eigenvalue weighted by Crippen LogP contribution is -2.25. The second kappa shape index (κ2) is 15.0. The van der Waals surface area contributed by atoms with E-state index in [0.29, 0.717) is 23.7 Å². The Labute approximate surface area is 272 Å². The van der Waals surface area contributed by atoms with Gasteiger partial charge in [0.05, 0.1) is 23.6 Å². The van der Waals surface area contributed by atoms with E-state index in [9.17, 15) is 31.1 Å². The number of carbonyl (C=O) groups excluding carboxylic acids is 1. The highest BCUT2D eigenvalue weighted by atomic mass is 32.2. The van der Waals surface area contributed by atoms with Gasteiger partial charge in [-0.15, -0.1) is 0 Å². The fourth-order valence-corrected chi connectivity index (χ4v) is 4.59. The third-order valence-corrected chi connectivity index (χ3v) is 6.98. The van der Waals surface area contributed by atoms with Gasteiger partial charge in [0.15, 0.2) is 5.69 Å². The fourth-order valence-electron chi connectivity index (χ4n) is 4.03. The number of primary amides is 1. The minimum absolute atomic E-state index is 0.0455. The monoisotopic (exact) mass is 683 g/mol. The molecule has 2 heterocycles. The molecule has 0 radical (unpaired) electrons. The van der Waals surface area contributed by atoms with Gasteiger partial charge < -0.3 is 20.5 Å². The Kier molecular flexibility index (Phi) is 11.8. The minimum Gasteiger partial charge on any atom is -0.487 e. The number of nitrogens with two attached hydrogens (primary N) is 1. The van der Waals surface area contributed by atoms with E-state index < -0.39 is 35.2 Å². The van der Waals surface area contributed by atoms with E-state index in [2.05, 4.69) is 25.1 Å². The molecule has 0 aliphatic rings. The van der Waals surface area contributed by atoms with Crippen LogP contribution in [0, 0.1) is 6.92 Å². The van der Waals surface area contributed by atoms with Gasteiger partial charge in [-0.05, 0) is 57.3 Å². The van der Waals surface area contributed by atoms with Gasteiger partial charge in [-0.3, -0.25) is 4.79 Å². The second-order valence-corrected chi connectivity index (χ2v) is 11.7. The molecule has 0 atom stereocenters.